The Balaban J connectivity index is 1.73. The molecule has 0 spiro atoms. The summed E-state index contributed by atoms with van der Waals surface area (Å²) in [6.07, 6.45) is 0. The molecule has 2 aromatic heterocycles. The van der Waals surface area contributed by atoms with E-state index in [1.165, 1.54) is 6.07 Å². The molecule has 0 atom stereocenters. The van der Waals surface area contributed by atoms with Crippen LogP contribution in [0.1, 0.15) is 11.1 Å². The van der Waals surface area contributed by atoms with E-state index in [2.05, 4.69) is 15.9 Å². The van der Waals surface area contributed by atoms with Gasteiger partial charge in [0.1, 0.15) is 4.21 Å². The molecule has 0 aliphatic rings. The molecule has 28 heavy (non-hydrogen) atoms. The number of nitriles is 1. The molecular weight excluding hydrogens is 416 g/mol. The van der Waals surface area contributed by atoms with Crippen molar-refractivity contribution in [2.24, 2.45) is 0 Å². The van der Waals surface area contributed by atoms with Crippen LogP contribution in [-0.2, 0) is 16.6 Å². The second-order valence-electron chi connectivity index (χ2n) is 6.00. The molecule has 0 saturated heterocycles. The molecule has 9 heteroatoms. The van der Waals surface area contributed by atoms with Gasteiger partial charge in [-0.15, -0.1) is 11.3 Å². The van der Waals surface area contributed by atoms with E-state index in [0.29, 0.717) is 21.8 Å². The molecule has 140 valence electrons. The summed E-state index contributed by atoms with van der Waals surface area (Å²) in [5.74, 6) is 0.247. The molecule has 6 nitrogen and oxygen atoms in total. The van der Waals surface area contributed by atoms with Gasteiger partial charge in [0.2, 0.25) is 0 Å². The van der Waals surface area contributed by atoms with Crippen LogP contribution in [0.2, 0.25) is 4.34 Å². The number of anilines is 1. The van der Waals surface area contributed by atoms with Gasteiger partial charge in [-0.2, -0.15) is 10.4 Å². The first-order valence-electron chi connectivity index (χ1n) is 8.19. The summed E-state index contributed by atoms with van der Waals surface area (Å²) in [5, 5.41) is 14.2. The Morgan fingerprint density at radius 2 is 1.96 bits per heavy atom. The van der Waals surface area contributed by atoms with Crippen LogP contribution in [0.4, 0.5) is 5.82 Å². The number of nitrogens with one attached hydrogen (secondary N) is 1. The molecule has 0 aliphatic heterocycles. The molecule has 0 bridgehead atoms. The maximum Gasteiger partial charge on any atom is 0.272 e. The van der Waals surface area contributed by atoms with Crippen molar-refractivity contribution >= 4 is 49.7 Å². The largest absolute Gasteiger partial charge is 0.272 e. The van der Waals surface area contributed by atoms with Crippen LogP contribution >= 0.6 is 22.9 Å². The van der Waals surface area contributed by atoms with E-state index in [4.69, 9.17) is 16.9 Å². The van der Waals surface area contributed by atoms with E-state index in [0.717, 1.165) is 22.4 Å². The number of hydrogen-bond acceptors (Lipinski definition) is 5. The maximum atomic E-state index is 12.7. The lowest BCUT2D eigenvalue weighted by Crippen LogP contribution is -2.12. The molecule has 0 saturated carbocycles. The Bertz CT molecular complexity index is 1320. The molecule has 0 fully saturated rings. The normalized spacial score (nSPS) is 11.4. The highest BCUT2D eigenvalue weighted by atomic mass is 35.5. The van der Waals surface area contributed by atoms with Gasteiger partial charge in [-0.3, -0.25) is 9.40 Å². The molecule has 0 amide bonds. The van der Waals surface area contributed by atoms with Crippen molar-refractivity contribution in [2.75, 3.05) is 4.72 Å². The third kappa shape index (κ3) is 3.60. The van der Waals surface area contributed by atoms with Gasteiger partial charge in [-0.25, -0.2) is 8.42 Å². The van der Waals surface area contributed by atoms with E-state index >= 15 is 0 Å². The highest BCUT2D eigenvalue weighted by molar-refractivity contribution is 7.94. The molecule has 0 unspecified atom stereocenters. The van der Waals surface area contributed by atoms with E-state index in [1.54, 1.807) is 22.9 Å². The van der Waals surface area contributed by atoms with Gasteiger partial charge in [0, 0.05) is 5.39 Å². The van der Waals surface area contributed by atoms with E-state index < -0.39 is 10.0 Å². The maximum absolute atomic E-state index is 12.7. The van der Waals surface area contributed by atoms with Gasteiger partial charge in [0.15, 0.2) is 5.82 Å². The van der Waals surface area contributed by atoms with E-state index in [9.17, 15) is 8.42 Å². The van der Waals surface area contributed by atoms with E-state index in [1.807, 2.05) is 36.4 Å². The van der Waals surface area contributed by atoms with Gasteiger partial charge in [0.05, 0.1) is 28.0 Å². The number of aromatic nitrogens is 2. The van der Waals surface area contributed by atoms with Gasteiger partial charge >= 0.3 is 0 Å². The Morgan fingerprint density at radius 3 is 2.71 bits per heavy atom. The first-order valence-corrected chi connectivity index (χ1v) is 10.9. The highest BCUT2D eigenvalue weighted by Gasteiger charge is 2.20. The number of nitrogens with zero attached hydrogens (tertiary/aromatic N) is 3. The lowest BCUT2D eigenvalue weighted by molar-refractivity contribution is 0.602. The topological polar surface area (TPSA) is 87.8 Å². The predicted molar refractivity (Wildman–Crippen MR) is 110 cm³/mol. The smallest absolute Gasteiger partial charge is 0.261 e. The molecule has 1 N–H and O–H groups in total. The molecule has 4 rings (SSSR count). The van der Waals surface area contributed by atoms with E-state index in [-0.39, 0.29) is 10.0 Å². The number of thiophene rings is 1. The van der Waals surface area contributed by atoms with Crippen LogP contribution in [0.15, 0.2) is 64.9 Å². The predicted octanol–water partition coefficient (Wildman–Crippen LogP) is 4.47. The summed E-state index contributed by atoms with van der Waals surface area (Å²) in [6.45, 7) is 0.405. The average molecular weight is 429 g/mol. The van der Waals surface area contributed by atoms with Crippen LogP contribution in [0.5, 0.6) is 0 Å². The fourth-order valence-electron chi connectivity index (χ4n) is 2.86. The number of fused-ring (bicyclic) bond motifs is 1. The Hall–Kier alpha value is -2.86. The van der Waals surface area contributed by atoms with Crippen molar-refractivity contribution in [3.8, 4) is 6.07 Å². The van der Waals surface area contributed by atoms with Crippen molar-refractivity contribution in [3.63, 3.8) is 0 Å². The first kappa shape index (κ1) is 18.5. The van der Waals surface area contributed by atoms with Gasteiger partial charge in [0.25, 0.3) is 10.0 Å². The third-order valence-electron chi connectivity index (χ3n) is 4.09. The first-order chi connectivity index (χ1) is 13.5. The van der Waals surface area contributed by atoms with Crippen molar-refractivity contribution in [1.29, 1.82) is 5.26 Å². The summed E-state index contributed by atoms with van der Waals surface area (Å²) in [4.78, 5) is 0. The summed E-state index contributed by atoms with van der Waals surface area (Å²) < 4.78 is 30.1. The minimum absolute atomic E-state index is 0.123. The minimum atomic E-state index is -3.79. The van der Waals surface area contributed by atoms with Crippen LogP contribution in [0.25, 0.3) is 10.9 Å². The number of sulfonamides is 1. The minimum Gasteiger partial charge on any atom is -0.261 e. The third-order valence-corrected chi connectivity index (χ3v) is 7.15. The number of para-hydroxylation sites is 1. The second kappa shape index (κ2) is 7.28. The zero-order valence-electron chi connectivity index (χ0n) is 14.3. The quantitative estimate of drug-likeness (QED) is 0.507. The second-order valence-corrected chi connectivity index (χ2v) is 9.62. The van der Waals surface area contributed by atoms with Crippen LogP contribution < -0.4 is 4.72 Å². The average Bonchev–Trinajstić information content (AvgIpc) is 3.27. The molecule has 2 aromatic carbocycles. The van der Waals surface area contributed by atoms with Crippen LogP contribution in [0.3, 0.4) is 0 Å². The fraction of sp³-hybridized carbons (Fsp3) is 0.0526. The van der Waals surface area contributed by atoms with Gasteiger partial charge in [-0.05, 0) is 42.0 Å². The Labute approximate surface area is 170 Å². The molecular formula is C19H13ClN4O2S2. The van der Waals surface area contributed by atoms with Crippen molar-refractivity contribution in [2.45, 2.75) is 10.8 Å². The summed E-state index contributed by atoms with van der Waals surface area (Å²) in [5.41, 5.74) is 2.24. The molecule has 0 radical (unpaired) electrons. The molecule has 0 aliphatic carbocycles. The van der Waals surface area contributed by atoms with Gasteiger partial charge < -0.3 is 0 Å². The standard InChI is InChI=1S/C19H13ClN4O2S2/c20-17-8-9-18(27-17)28(25,26)23-19-15-6-1-2-7-16(15)24(22-19)12-14-5-3-4-13(10-14)11-21/h1-10H,12H2,(H,22,23). The Kier molecular flexibility index (Phi) is 4.81. The fourth-order valence-corrected chi connectivity index (χ4v) is 5.36. The number of benzene rings is 2. The number of rotatable bonds is 5. The van der Waals surface area contributed by atoms with Crippen molar-refractivity contribution in [3.05, 3.63) is 76.1 Å². The highest BCUT2D eigenvalue weighted by Crippen LogP contribution is 2.30. The van der Waals surface area contributed by atoms with Crippen molar-refractivity contribution in [1.82, 2.24) is 9.78 Å². The summed E-state index contributed by atoms with van der Waals surface area (Å²) in [6, 6.07) is 19.7. The van der Waals surface area contributed by atoms with Crippen LogP contribution in [-0.4, -0.2) is 18.2 Å². The van der Waals surface area contributed by atoms with Gasteiger partial charge in [-0.1, -0.05) is 35.9 Å². The molecule has 2 heterocycles. The summed E-state index contributed by atoms with van der Waals surface area (Å²) >= 11 is 6.85. The SMILES string of the molecule is N#Cc1cccc(Cn2nc(NS(=O)(=O)c3ccc(Cl)s3)c3ccccc32)c1. The Morgan fingerprint density at radius 1 is 1.14 bits per heavy atom. The van der Waals surface area contributed by atoms with Crippen molar-refractivity contribution < 1.29 is 8.42 Å². The molecule has 4 aromatic rings. The number of hydrogen-bond donors (Lipinski definition) is 1. The zero-order chi connectivity index (χ0) is 19.7. The number of halogens is 1. The van der Waals surface area contributed by atoms with Crippen LogP contribution in [0, 0.1) is 11.3 Å². The zero-order valence-corrected chi connectivity index (χ0v) is 16.7. The lowest BCUT2D eigenvalue weighted by Gasteiger charge is -2.04. The lowest BCUT2D eigenvalue weighted by atomic mass is 10.1. The monoisotopic (exact) mass is 428 g/mol. The summed E-state index contributed by atoms with van der Waals surface area (Å²) in [7, 11) is -3.79.